The van der Waals surface area contributed by atoms with Crippen LogP contribution < -0.4 is 5.32 Å². The Balaban J connectivity index is 2.62. The van der Waals surface area contributed by atoms with Gasteiger partial charge in [0, 0.05) is 7.05 Å². The van der Waals surface area contributed by atoms with Crippen LogP contribution in [-0.4, -0.2) is 30.1 Å². The predicted molar refractivity (Wildman–Crippen MR) is 39.4 cm³/mol. The van der Waals surface area contributed by atoms with Crippen molar-refractivity contribution in [3.8, 4) is 0 Å². The van der Waals surface area contributed by atoms with E-state index in [0.717, 1.165) is 6.42 Å². The molecule has 1 saturated heterocycles. The van der Waals surface area contributed by atoms with Crippen LogP contribution >= 0.6 is 0 Å². The zero-order valence-corrected chi connectivity index (χ0v) is 6.72. The van der Waals surface area contributed by atoms with E-state index in [1.54, 1.807) is 4.90 Å². The second kappa shape index (κ2) is 2.58. The average molecular weight is 142 g/mol. The van der Waals surface area contributed by atoms with Crippen molar-refractivity contribution in [2.24, 2.45) is 0 Å². The molecule has 0 aromatic rings. The third kappa shape index (κ3) is 1.01. The van der Waals surface area contributed by atoms with Gasteiger partial charge in [-0.25, -0.2) is 0 Å². The first-order chi connectivity index (χ1) is 4.66. The quantitative estimate of drug-likeness (QED) is 0.566. The number of carbonyl (C=O) groups is 1. The van der Waals surface area contributed by atoms with E-state index in [1.165, 1.54) is 0 Å². The van der Waals surface area contributed by atoms with Gasteiger partial charge in [0.15, 0.2) is 0 Å². The summed E-state index contributed by atoms with van der Waals surface area (Å²) < 4.78 is 0. The molecular weight excluding hydrogens is 128 g/mol. The van der Waals surface area contributed by atoms with Gasteiger partial charge >= 0.3 is 0 Å². The van der Waals surface area contributed by atoms with E-state index >= 15 is 0 Å². The van der Waals surface area contributed by atoms with Crippen molar-refractivity contribution in [3.05, 3.63) is 0 Å². The molecule has 58 valence electrons. The molecule has 1 fully saturated rings. The molecular formula is C7H14N2O. The molecule has 0 aromatic carbocycles. The molecule has 1 aliphatic rings. The summed E-state index contributed by atoms with van der Waals surface area (Å²) in [6.45, 7) is 4.01. The second-order valence-electron chi connectivity index (χ2n) is 2.75. The molecule has 0 aromatic heterocycles. The number of carbonyl (C=O) groups excluding carboxylic acids is 1. The van der Waals surface area contributed by atoms with Crippen molar-refractivity contribution < 1.29 is 4.79 Å². The van der Waals surface area contributed by atoms with E-state index in [4.69, 9.17) is 0 Å². The van der Waals surface area contributed by atoms with Gasteiger partial charge in [0.05, 0.1) is 12.2 Å². The Morgan fingerprint density at radius 3 is 2.50 bits per heavy atom. The van der Waals surface area contributed by atoms with Gasteiger partial charge in [-0.3, -0.25) is 10.1 Å². The number of amides is 1. The molecule has 0 aliphatic carbocycles. The van der Waals surface area contributed by atoms with E-state index in [9.17, 15) is 4.79 Å². The largest absolute Gasteiger partial charge is 0.329 e. The van der Waals surface area contributed by atoms with Crippen molar-refractivity contribution in [3.63, 3.8) is 0 Å². The van der Waals surface area contributed by atoms with Crippen LogP contribution in [0.2, 0.25) is 0 Å². The molecule has 0 bridgehead atoms. The maximum atomic E-state index is 11.2. The van der Waals surface area contributed by atoms with Crippen LogP contribution in [-0.2, 0) is 4.79 Å². The highest BCUT2D eigenvalue weighted by Crippen LogP contribution is 2.09. The van der Waals surface area contributed by atoms with E-state index in [0.29, 0.717) is 0 Å². The van der Waals surface area contributed by atoms with Crippen molar-refractivity contribution in [2.75, 3.05) is 7.05 Å². The third-order valence-electron chi connectivity index (χ3n) is 2.08. The van der Waals surface area contributed by atoms with Crippen LogP contribution in [0.25, 0.3) is 0 Å². The van der Waals surface area contributed by atoms with Crippen molar-refractivity contribution in [2.45, 2.75) is 32.5 Å². The zero-order valence-electron chi connectivity index (χ0n) is 6.72. The van der Waals surface area contributed by atoms with Gasteiger partial charge in [0.25, 0.3) is 0 Å². The highest BCUT2D eigenvalue weighted by atomic mass is 16.2. The van der Waals surface area contributed by atoms with Gasteiger partial charge in [-0.1, -0.05) is 6.92 Å². The molecule has 2 atom stereocenters. The van der Waals surface area contributed by atoms with Crippen LogP contribution in [0.1, 0.15) is 20.3 Å². The first-order valence-electron chi connectivity index (χ1n) is 3.69. The van der Waals surface area contributed by atoms with Crippen LogP contribution in [0.3, 0.4) is 0 Å². The standard InChI is InChI=1S/C7H14N2O/c1-4-6-7(10)9(3)5(2)8-6/h5-6,8H,4H2,1-3H3. The minimum Gasteiger partial charge on any atom is -0.329 e. The van der Waals surface area contributed by atoms with Gasteiger partial charge < -0.3 is 4.90 Å². The van der Waals surface area contributed by atoms with Crippen molar-refractivity contribution in [1.29, 1.82) is 0 Å². The smallest absolute Gasteiger partial charge is 0.240 e. The minimum atomic E-state index is 0.0556. The predicted octanol–water partition coefficient (Wildman–Crippen LogP) is 0.173. The number of nitrogens with zero attached hydrogens (tertiary/aromatic N) is 1. The summed E-state index contributed by atoms with van der Waals surface area (Å²) in [6.07, 6.45) is 1.09. The summed E-state index contributed by atoms with van der Waals surface area (Å²) in [5.74, 6) is 0.218. The third-order valence-corrected chi connectivity index (χ3v) is 2.08. The first-order valence-corrected chi connectivity index (χ1v) is 3.69. The Morgan fingerprint density at radius 1 is 1.70 bits per heavy atom. The van der Waals surface area contributed by atoms with E-state index < -0.39 is 0 Å². The Labute approximate surface area is 61.4 Å². The molecule has 10 heavy (non-hydrogen) atoms. The number of rotatable bonds is 1. The molecule has 0 saturated carbocycles. The lowest BCUT2D eigenvalue weighted by Crippen LogP contribution is -2.30. The molecule has 2 unspecified atom stereocenters. The van der Waals surface area contributed by atoms with Crippen LogP contribution in [0.4, 0.5) is 0 Å². The van der Waals surface area contributed by atoms with Gasteiger partial charge in [-0.15, -0.1) is 0 Å². The molecule has 1 amide bonds. The molecule has 1 heterocycles. The Kier molecular flexibility index (Phi) is 1.94. The van der Waals surface area contributed by atoms with E-state index in [1.807, 2.05) is 20.9 Å². The Bertz CT molecular complexity index is 147. The molecule has 3 nitrogen and oxygen atoms in total. The van der Waals surface area contributed by atoms with Crippen LogP contribution in [0.5, 0.6) is 0 Å². The summed E-state index contributed by atoms with van der Waals surface area (Å²) in [5.41, 5.74) is 0. The first kappa shape index (κ1) is 7.54. The lowest BCUT2D eigenvalue weighted by atomic mass is 10.2. The second-order valence-corrected chi connectivity index (χ2v) is 2.75. The number of hydrogen-bond acceptors (Lipinski definition) is 2. The molecule has 3 heteroatoms. The molecule has 1 aliphatic heterocycles. The van der Waals surface area contributed by atoms with Crippen molar-refractivity contribution >= 4 is 5.91 Å². The van der Waals surface area contributed by atoms with E-state index in [2.05, 4.69) is 5.32 Å². The lowest BCUT2D eigenvalue weighted by molar-refractivity contribution is -0.128. The topological polar surface area (TPSA) is 32.3 Å². The fraction of sp³-hybridized carbons (Fsp3) is 0.857. The monoisotopic (exact) mass is 142 g/mol. The normalized spacial score (nSPS) is 33.5. The number of nitrogens with one attached hydrogen (secondary N) is 1. The summed E-state index contributed by atoms with van der Waals surface area (Å²) in [4.78, 5) is 13.0. The summed E-state index contributed by atoms with van der Waals surface area (Å²) in [7, 11) is 1.83. The van der Waals surface area contributed by atoms with E-state index in [-0.39, 0.29) is 18.1 Å². The van der Waals surface area contributed by atoms with Gasteiger partial charge in [0.2, 0.25) is 5.91 Å². The molecule has 0 spiro atoms. The Hall–Kier alpha value is -0.570. The van der Waals surface area contributed by atoms with Gasteiger partial charge in [-0.05, 0) is 13.3 Å². The highest BCUT2D eigenvalue weighted by molar-refractivity contribution is 5.83. The van der Waals surface area contributed by atoms with Crippen LogP contribution in [0.15, 0.2) is 0 Å². The lowest BCUT2D eigenvalue weighted by Gasteiger charge is -2.12. The van der Waals surface area contributed by atoms with Crippen LogP contribution in [0, 0.1) is 0 Å². The number of likely N-dealkylation sites (N-methyl/N-ethyl adjacent to an activating group) is 1. The van der Waals surface area contributed by atoms with Gasteiger partial charge in [-0.2, -0.15) is 0 Å². The zero-order chi connectivity index (χ0) is 7.72. The average Bonchev–Trinajstić information content (AvgIpc) is 2.17. The number of hydrogen-bond donors (Lipinski definition) is 1. The summed E-state index contributed by atoms with van der Waals surface area (Å²) in [6, 6.07) is 0.0556. The highest BCUT2D eigenvalue weighted by Gasteiger charge is 2.31. The summed E-state index contributed by atoms with van der Waals surface area (Å²) in [5, 5.41) is 3.18. The SMILES string of the molecule is CCC1NC(C)N(C)C1=O. The maximum absolute atomic E-state index is 11.2. The molecule has 0 radical (unpaired) electrons. The van der Waals surface area contributed by atoms with Crippen molar-refractivity contribution in [1.82, 2.24) is 10.2 Å². The fourth-order valence-electron chi connectivity index (χ4n) is 1.20. The minimum absolute atomic E-state index is 0.0556. The molecule has 1 N–H and O–H groups in total. The Morgan fingerprint density at radius 2 is 2.30 bits per heavy atom. The fourth-order valence-corrected chi connectivity index (χ4v) is 1.20. The summed E-state index contributed by atoms with van der Waals surface area (Å²) >= 11 is 0. The molecule has 1 rings (SSSR count). The van der Waals surface area contributed by atoms with Gasteiger partial charge in [0.1, 0.15) is 0 Å². The maximum Gasteiger partial charge on any atom is 0.240 e.